The summed E-state index contributed by atoms with van der Waals surface area (Å²) in [5, 5.41) is 3.31. The van der Waals surface area contributed by atoms with Gasteiger partial charge in [0.15, 0.2) is 0 Å². The Kier molecular flexibility index (Phi) is 6.50. The first-order chi connectivity index (χ1) is 11.5. The predicted octanol–water partition coefficient (Wildman–Crippen LogP) is 4.46. The Bertz CT molecular complexity index is 684. The summed E-state index contributed by atoms with van der Waals surface area (Å²) in [6, 6.07) is 12.7. The van der Waals surface area contributed by atoms with Crippen LogP contribution in [0.15, 0.2) is 42.5 Å². The Morgan fingerprint density at radius 2 is 1.88 bits per heavy atom. The normalized spacial score (nSPS) is 10.5. The highest BCUT2D eigenvalue weighted by Gasteiger charge is 2.09. The molecule has 2 aromatic carbocycles. The minimum absolute atomic E-state index is 0.139. The van der Waals surface area contributed by atoms with Crippen molar-refractivity contribution in [3.63, 3.8) is 0 Å². The average molecular weight is 348 g/mol. The van der Waals surface area contributed by atoms with E-state index in [1.54, 1.807) is 18.2 Å². The largest absolute Gasteiger partial charge is 0.492 e. The standard InChI is InChI=1S/C19H22ClNO3/c1-4-23-18-10-7-15(11-17(18)20)19(22)21-12-14-5-8-16(9-6-14)24-13(2)3/h5-11,13H,4,12H2,1-3H3,(H,21,22). The number of ether oxygens (including phenoxy) is 2. The molecule has 0 aromatic heterocycles. The molecule has 5 heteroatoms. The summed E-state index contributed by atoms with van der Waals surface area (Å²) in [6.07, 6.45) is 0.139. The van der Waals surface area contributed by atoms with Gasteiger partial charge in [-0.2, -0.15) is 0 Å². The molecule has 0 saturated heterocycles. The molecular formula is C19H22ClNO3. The summed E-state index contributed by atoms with van der Waals surface area (Å²) in [5.41, 5.74) is 1.50. The number of hydrogen-bond acceptors (Lipinski definition) is 3. The quantitative estimate of drug-likeness (QED) is 0.804. The molecule has 0 saturated carbocycles. The molecule has 0 heterocycles. The van der Waals surface area contributed by atoms with E-state index in [1.165, 1.54) is 0 Å². The summed E-state index contributed by atoms with van der Waals surface area (Å²) < 4.78 is 11.0. The van der Waals surface area contributed by atoms with Gasteiger partial charge in [0, 0.05) is 12.1 Å². The molecule has 1 amide bonds. The minimum Gasteiger partial charge on any atom is -0.492 e. The second-order valence-corrected chi connectivity index (χ2v) is 5.98. The molecule has 0 radical (unpaired) electrons. The predicted molar refractivity (Wildman–Crippen MR) is 96.0 cm³/mol. The molecule has 0 atom stereocenters. The Morgan fingerprint density at radius 1 is 1.17 bits per heavy atom. The lowest BCUT2D eigenvalue weighted by molar-refractivity contribution is 0.0951. The van der Waals surface area contributed by atoms with E-state index in [-0.39, 0.29) is 12.0 Å². The van der Waals surface area contributed by atoms with Crippen LogP contribution in [-0.4, -0.2) is 18.6 Å². The van der Waals surface area contributed by atoms with Crippen LogP contribution < -0.4 is 14.8 Å². The highest BCUT2D eigenvalue weighted by atomic mass is 35.5. The molecule has 2 rings (SSSR count). The molecular weight excluding hydrogens is 326 g/mol. The molecule has 0 aliphatic carbocycles. The fourth-order valence-corrected chi connectivity index (χ4v) is 2.39. The SMILES string of the molecule is CCOc1ccc(C(=O)NCc2ccc(OC(C)C)cc2)cc1Cl. The number of carbonyl (C=O) groups excluding carboxylic acids is 1. The molecule has 0 fully saturated rings. The van der Waals surface area contributed by atoms with Crippen molar-refractivity contribution in [3.8, 4) is 11.5 Å². The van der Waals surface area contributed by atoms with Crippen LogP contribution in [0.5, 0.6) is 11.5 Å². The van der Waals surface area contributed by atoms with Gasteiger partial charge in [0.1, 0.15) is 11.5 Å². The fourth-order valence-electron chi connectivity index (χ4n) is 2.16. The molecule has 0 bridgehead atoms. The average Bonchev–Trinajstić information content (AvgIpc) is 2.55. The Morgan fingerprint density at radius 3 is 2.46 bits per heavy atom. The fraction of sp³-hybridized carbons (Fsp3) is 0.316. The maximum absolute atomic E-state index is 12.2. The van der Waals surface area contributed by atoms with Crippen LogP contribution in [0.2, 0.25) is 5.02 Å². The Hall–Kier alpha value is -2.20. The van der Waals surface area contributed by atoms with Crippen LogP contribution in [0.25, 0.3) is 0 Å². The van der Waals surface area contributed by atoms with E-state index in [4.69, 9.17) is 21.1 Å². The number of hydrogen-bond donors (Lipinski definition) is 1. The van der Waals surface area contributed by atoms with Crippen molar-refractivity contribution in [1.82, 2.24) is 5.32 Å². The molecule has 1 N–H and O–H groups in total. The monoisotopic (exact) mass is 347 g/mol. The highest BCUT2D eigenvalue weighted by Crippen LogP contribution is 2.25. The lowest BCUT2D eigenvalue weighted by atomic mass is 10.2. The molecule has 0 spiro atoms. The summed E-state index contributed by atoms with van der Waals surface area (Å²) in [4.78, 5) is 12.2. The van der Waals surface area contributed by atoms with Gasteiger partial charge in [-0.1, -0.05) is 23.7 Å². The van der Waals surface area contributed by atoms with E-state index in [2.05, 4.69) is 5.32 Å². The molecule has 128 valence electrons. The molecule has 24 heavy (non-hydrogen) atoms. The van der Waals surface area contributed by atoms with Crippen molar-refractivity contribution in [2.45, 2.75) is 33.4 Å². The number of rotatable bonds is 7. The van der Waals surface area contributed by atoms with Gasteiger partial charge in [0.05, 0.1) is 17.7 Å². The number of nitrogens with one attached hydrogen (secondary N) is 1. The first-order valence-electron chi connectivity index (χ1n) is 7.95. The van der Waals surface area contributed by atoms with E-state index in [1.807, 2.05) is 45.0 Å². The first-order valence-corrected chi connectivity index (χ1v) is 8.33. The van der Waals surface area contributed by atoms with Crippen molar-refractivity contribution in [1.29, 1.82) is 0 Å². The third kappa shape index (κ3) is 5.17. The van der Waals surface area contributed by atoms with Crippen molar-refractivity contribution in [2.75, 3.05) is 6.61 Å². The van der Waals surface area contributed by atoms with Crippen LogP contribution >= 0.6 is 11.6 Å². The van der Waals surface area contributed by atoms with Crippen molar-refractivity contribution >= 4 is 17.5 Å². The number of benzene rings is 2. The van der Waals surface area contributed by atoms with Gasteiger partial charge in [-0.15, -0.1) is 0 Å². The molecule has 0 unspecified atom stereocenters. The van der Waals surface area contributed by atoms with Crippen molar-refractivity contribution < 1.29 is 14.3 Å². The van der Waals surface area contributed by atoms with Gasteiger partial charge >= 0.3 is 0 Å². The second-order valence-electron chi connectivity index (χ2n) is 5.57. The van der Waals surface area contributed by atoms with Gasteiger partial charge in [-0.05, 0) is 56.7 Å². The topological polar surface area (TPSA) is 47.6 Å². The maximum Gasteiger partial charge on any atom is 0.251 e. The first kappa shape index (κ1) is 18.1. The lowest BCUT2D eigenvalue weighted by Crippen LogP contribution is -2.22. The summed E-state index contributed by atoms with van der Waals surface area (Å²) in [7, 11) is 0. The summed E-state index contributed by atoms with van der Waals surface area (Å²) >= 11 is 6.11. The van der Waals surface area contributed by atoms with Crippen LogP contribution in [0, 0.1) is 0 Å². The van der Waals surface area contributed by atoms with Crippen LogP contribution in [0.4, 0.5) is 0 Å². The van der Waals surface area contributed by atoms with Crippen LogP contribution in [0.1, 0.15) is 36.7 Å². The number of halogens is 1. The Labute approximate surface area is 147 Å². The molecule has 0 aliphatic rings. The number of carbonyl (C=O) groups is 1. The van der Waals surface area contributed by atoms with Gasteiger partial charge in [-0.3, -0.25) is 4.79 Å². The van der Waals surface area contributed by atoms with E-state index in [0.717, 1.165) is 11.3 Å². The zero-order valence-electron chi connectivity index (χ0n) is 14.1. The summed E-state index contributed by atoms with van der Waals surface area (Å²) in [5.74, 6) is 1.22. The maximum atomic E-state index is 12.2. The second kappa shape index (κ2) is 8.60. The van der Waals surface area contributed by atoms with Crippen molar-refractivity contribution in [2.24, 2.45) is 0 Å². The molecule has 0 aliphatic heterocycles. The van der Waals surface area contributed by atoms with Crippen molar-refractivity contribution in [3.05, 3.63) is 58.6 Å². The van der Waals surface area contributed by atoms with E-state index >= 15 is 0 Å². The van der Waals surface area contributed by atoms with Crippen LogP contribution in [-0.2, 0) is 6.54 Å². The molecule has 4 nitrogen and oxygen atoms in total. The van der Waals surface area contributed by atoms with E-state index in [0.29, 0.717) is 29.5 Å². The highest BCUT2D eigenvalue weighted by molar-refractivity contribution is 6.32. The van der Waals surface area contributed by atoms with Gasteiger partial charge in [-0.25, -0.2) is 0 Å². The number of amides is 1. The lowest BCUT2D eigenvalue weighted by Gasteiger charge is -2.11. The van der Waals surface area contributed by atoms with Gasteiger partial charge < -0.3 is 14.8 Å². The van der Waals surface area contributed by atoms with E-state index < -0.39 is 0 Å². The Balaban J connectivity index is 1.94. The zero-order valence-corrected chi connectivity index (χ0v) is 14.9. The molecule has 2 aromatic rings. The zero-order chi connectivity index (χ0) is 17.5. The van der Waals surface area contributed by atoms with Crippen LogP contribution in [0.3, 0.4) is 0 Å². The third-order valence-corrected chi connectivity index (χ3v) is 3.54. The van der Waals surface area contributed by atoms with Gasteiger partial charge in [0.2, 0.25) is 0 Å². The third-order valence-electron chi connectivity index (χ3n) is 3.24. The summed E-state index contributed by atoms with van der Waals surface area (Å²) in [6.45, 7) is 6.81. The van der Waals surface area contributed by atoms with E-state index in [9.17, 15) is 4.79 Å². The minimum atomic E-state index is -0.178. The van der Waals surface area contributed by atoms with Gasteiger partial charge in [0.25, 0.3) is 5.91 Å². The smallest absolute Gasteiger partial charge is 0.251 e.